The summed E-state index contributed by atoms with van der Waals surface area (Å²) in [5, 5.41) is 57.3. The Bertz CT molecular complexity index is 5930. The molecule has 0 bridgehead atoms. The molecule has 10 heterocycles. The van der Waals surface area contributed by atoms with Crippen molar-refractivity contribution in [3.8, 4) is 27.0 Å². The number of nitrogens with zero attached hydrogens (tertiary/aromatic N) is 11. The number of halogens is 1. The minimum atomic E-state index is -0.731. The van der Waals surface area contributed by atoms with E-state index >= 15 is 0 Å². The minimum Gasteiger partial charge on any atom is -0.391 e. The van der Waals surface area contributed by atoms with Crippen LogP contribution in [0.25, 0.3) is 20.9 Å². The van der Waals surface area contributed by atoms with Gasteiger partial charge in [0, 0.05) is 122 Å². The van der Waals surface area contributed by atoms with Crippen LogP contribution >= 0.6 is 34.3 Å². The molecule has 14 rings (SSSR count). The number of aliphatic hydroxyl groups excluding tert-OH is 3. The van der Waals surface area contributed by atoms with E-state index in [1.807, 2.05) is 248 Å². The van der Waals surface area contributed by atoms with E-state index < -0.39 is 66.2 Å². The highest BCUT2D eigenvalue weighted by atomic mass is 35.5. The molecular weight excluding hydrogens is 1820 g/mol. The molecule has 3 N–H and O–H groups in total. The number of ketones is 5. The van der Waals surface area contributed by atoms with Crippen LogP contribution in [0.2, 0.25) is 5.02 Å². The Morgan fingerprint density at radius 1 is 0.410 bits per heavy atom. The number of β-amino-alcohol motifs (C(OH)–C–C–N with tert-alkyl or cyclic N) is 3. The topological polar surface area (TPSA) is 381 Å². The van der Waals surface area contributed by atoms with Crippen molar-refractivity contribution in [3.05, 3.63) is 222 Å². The Kier molecular flexibility index (Phi) is 36.2. The Balaban J connectivity index is 0.000000178. The summed E-state index contributed by atoms with van der Waals surface area (Å²) in [6.45, 7) is 44.4. The van der Waals surface area contributed by atoms with Gasteiger partial charge in [0.1, 0.15) is 46.7 Å². The number of amides is 4. The summed E-state index contributed by atoms with van der Waals surface area (Å²) in [4.78, 5) is 137. The van der Waals surface area contributed by atoms with Crippen molar-refractivity contribution in [3.63, 3.8) is 0 Å². The fourth-order valence-electron chi connectivity index (χ4n) is 18.0. The molecule has 0 aliphatic carbocycles. The average Bonchev–Trinajstić information content (AvgIpc) is 1.66. The number of Topliss-reactive ketones (excluding diaryl/α,β-unsaturated/α-hetero) is 5. The number of thiazole rings is 2. The van der Waals surface area contributed by atoms with E-state index in [0.717, 1.165) is 77.3 Å². The molecule has 0 saturated carbocycles. The second-order valence-corrected chi connectivity index (χ2v) is 45.1. The molecule has 4 aliphatic heterocycles. The van der Waals surface area contributed by atoms with Gasteiger partial charge in [-0.25, -0.2) is 9.97 Å². The van der Waals surface area contributed by atoms with Crippen molar-refractivity contribution in [2.45, 2.75) is 317 Å². The molecule has 6 aromatic heterocycles. The van der Waals surface area contributed by atoms with Crippen LogP contribution in [0.4, 0.5) is 0 Å². The molecule has 139 heavy (non-hydrogen) atoms. The lowest BCUT2D eigenvalue weighted by Crippen LogP contribution is -2.44. The molecule has 11 unspecified atom stereocenters. The number of hydrogen-bond acceptors (Lipinski definition) is 25. The second kappa shape index (κ2) is 46.5. The van der Waals surface area contributed by atoms with Crippen LogP contribution in [-0.2, 0) is 90.5 Å². The standard InChI is InChI=1S/C29H37N3O4S.C29H35N3O4S.C26H33N3O4.C25H33ClN2O4/c2*1-17(2)26(24-14-25(31-36-24)29(4,5)6)28(35)32-15-21(33)13-22(32)23(34)12-9-19-7-10-20(11-8-19)27-18(3)30-16-37-27;1-16(2)24(22-13-23(28-33-22)26(3,4)5)25(32)29-15-19(30)12-20(29)21(31)11-10-17-6-8-18(14-27)9-7-17;1-15(2)23(21-13-22(27-32-21)25(3,4)5)24(31)28-14-18(29)12-19(28)20(30)11-8-16-6-9-17(26)10-7-16/h7-8,10-11,14,16-17,21-22,26,33H,9,12-13,15H2,1-6H3;7-8,10-11,14,16-17,22,26H,9,12-13,15H2,1-6H3;6-9,13,16,19-20,24,30H,10-12,15H2,1-5H3;6-7,9-10,13,15,18-19,23,29H,8,11-12,14H2,1-5H3. The van der Waals surface area contributed by atoms with Crippen LogP contribution < -0.4 is 0 Å². The van der Waals surface area contributed by atoms with Gasteiger partial charge in [-0.05, 0) is 121 Å². The summed E-state index contributed by atoms with van der Waals surface area (Å²) in [6.07, 6.45) is 2.04. The Morgan fingerprint density at radius 3 is 0.914 bits per heavy atom. The van der Waals surface area contributed by atoms with Crippen molar-refractivity contribution in [2.75, 3.05) is 26.2 Å². The number of benzene rings is 4. The molecule has 4 amide bonds. The summed E-state index contributed by atoms with van der Waals surface area (Å²) in [5.74, 6) is -1.74. The third-order valence-corrected chi connectivity index (χ3v) is 28.5. The van der Waals surface area contributed by atoms with E-state index in [1.54, 1.807) is 56.7 Å². The number of rotatable bonds is 30. The highest BCUT2D eigenvalue weighted by Crippen LogP contribution is 2.41. The van der Waals surface area contributed by atoms with Gasteiger partial charge in [0.15, 0.2) is 28.9 Å². The van der Waals surface area contributed by atoms with Gasteiger partial charge in [0.25, 0.3) is 0 Å². The predicted octanol–water partition coefficient (Wildman–Crippen LogP) is 19.1. The van der Waals surface area contributed by atoms with Crippen molar-refractivity contribution in [1.82, 2.24) is 50.2 Å². The normalized spacial score (nSPS) is 18.8. The fraction of sp³-hybridized carbons (Fsp3) is 0.523. The maximum atomic E-state index is 13.7. The number of likely N-dealkylation sites (tertiary alicyclic amines) is 4. The lowest BCUT2D eigenvalue weighted by molar-refractivity contribution is -0.140. The average molecular weight is 1960 g/mol. The number of carbonyl (C=O) groups is 9. The first-order chi connectivity index (χ1) is 65.4. The number of hydrogen-bond donors (Lipinski definition) is 3. The maximum Gasteiger partial charge on any atom is 0.234 e. The lowest BCUT2D eigenvalue weighted by atomic mass is 9.88. The number of carbonyl (C=O) groups excluding carboxylic acids is 9. The van der Waals surface area contributed by atoms with E-state index in [-0.39, 0.29) is 163 Å². The number of aromatic nitrogens is 6. The smallest absolute Gasteiger partial charge is 0.234 e. The minimum absolute atomic E-state index is 0.0252. The SMILES string of the molecule is CC(C)C(C(=O)N1CC(O)CC1C(=O)CCc1ccc(C#N)cc1)c1cc(C(C)(C)C)no1.CC(C)C(C(=O)N1CC(O)CC1C(=O)CCc1ccc(Cl)cc1)c1cc(C(C)(C)C)no1.Cc1ncsc1-c1ccc(CCC(=O)C2CC(=O)CN2C(=O)C(c2cc(C(C)(C)C)no2)C(C)C)cc1.Cc1ncsc1-c1ccc(CCC(=O)C2CC(O)CN2C(=O)C(c2cc(C(C)(C)C)no2)C(C)C)cc1. The third kappa shape index (κ3) is 27.8. The molecule has 30 heteroatoms. The number of aryl methyl sites for hydroxylation is 6. The van der Waals surface area contributed by atoms with Gasteiger partial charge in [0.2, 0.25) is 23.6 Å². The van der Waals surface area contributed by atoms with Gasteiger partial charge in [-0.3, -0.25) is 43.2 Å². The van der Waals surface area contributed by atoms with E-state index in [9.17, 15) is 58.5 Å². The fourth-order valence-corrected chi connectivity index (χ4v) is 19.8. The Morgan fingerprint density at radius 2 is 0.669 bits per heavy atom. The summed E-state index contributed by atoms with van der Waals surface area (Å²) in [7, 11) is 0. The highest BCUT2D eigenvalue weighted by molar-refractivity contribution is 7.13. The van der Waals surface area contributed by atoms with Crippen molar-refractivity contribution in [1.29, 1.82) is 5.26 Å². The van der Waals surface area contributed by atoms with Gasteiger partial charge in [-0.1, -0.05) is 243 Å². The highest BCUT2D eigenvalue weighted by Gasteiger charge is 2.49. The Labute approximate surface area is 830 Å². The molecule has 4 aromatic carbocycles. The largest absolute Gasteiger partial charge is 0.391 e. The number of aliphatic hydroxyl groups is 3. The molecule has 744 valence electrons. The molecule has 4 fully saturated rings. The molecule has 0 spiro atoms. The third-order valence-electron chi connectivity index (χ3n) is 26.3. The van der Waals surface area contributed by atoms with Crippen molar-refractivity contribution >= 4 is 86.8 Å². The monoisotopic (exact) mass is 1960 g/mol. The van der Waals surface area contributed by atoms with Gasteiger partial charge < -0.3 is 53.0 Å². The van der Waals surface area contributed by atoms with Crippen LogP contribution in [0.5, 0.6) is 0 Å². The number of nitriles is 1. The van der Waals surface area contributed by atoms with Crippen molar-refractivity contribution < 1.29 is 76.6 Å². The van der Waals surface area contributed by atoms with Gasteiger partial charge in [0.05, 0.1) is 116 Å². The van der Waals surface area contributed by atoms with E-state index in [2.05, 4.69) is 48.8 Å². The van der Waals surface area contributed by atoms with Crippen molar-refractivity contribution in [2.24, 2.45) is 23.7 Å². The summed E-state index contributed by atoms with van der Waals surface area (Å²) in [6, 6.07) is 37.6. The van der Waals surface area contributed by atoms with Gasteiger partial charge in [-0.2, -0.15) is 5.26 Å². The lowest BCUT2D eigenvalue weighted by Gasteiger charge is -2.28. The van der Waals surface area contributed by atoms with Gasteiger partial charge in [-0.15, -0.1) is 22.7 Å². The molecule has 4 aliphatic rings. The van der Waals surface area contributed by atoms with E-state index in [1.165, 1.54) is 9.80 Å². The first-order valence-corrected chi connectivity index (χ1v) is 50.5. The summed E-state index contributed by atoms with van der Waals surface area (Å²) >= 11 is 9.15. The first-order valence-electron chi connectivity index (χ1n) is 48.4. The van der Waals surface area contributed by atoms with E-state index in [0.29, 0.717) is 72.2 Å². The second-order valence-electron chi connectivity index (χ2n) is 43.0. The summed E-state index contributed by atoms with van der Waals surface area (Å²) < 4.78 is 22.4. The van der Waals surface area contributed by atoms with Crippen LogP contribution in [0.15, 0.2) is 150 Å². The quantitative estimate of drug-likeness (QED) is 0.0376. The van der Waals surface area contributed by atoms with E-state index in [4.69, 9.17) is 35.0 Å². The first kappa shape index (κ1) is 108. The molecule has 4 saturated heterocycles. The zero-order valence-electron chi connectivity index (χ0n) is 84.4. The molecule has 0 radical (unpaired) electrons. The Hall–Kier alpha value is -11.1. The molecule has 11 atom stereocenters. The van der Waals surface area contributed by atoms with Gasteiger partial charge >= 0.3 is 0 Å². The van der Waals surface area contributed by atoms with Crippen LogP contribution in [-0.4, -0.2) is 187 Å². The summed E-state index contributed by atoms with van der Waals surface area (Å²) in [5.41, 5.74) is 14.8. The van der Waals surface area contributed by atoms with Crippen LogP contribution in [0.1, 0.15) is 299 Å². The maximum absolute atomic E-state index is 13.7. The van der Waals surface area contributed by atoms with Crippen LogP contribution in [0.3, 0.4) is 0 Å². The predicted molar refractivity (Wildman–Crippen MR) is 535 cm³/mol. The van der Waals surface area contributed by atoms with Crippen LogP contribution in [0, 0.1) is 48.9 Å². The molecule has 27 nitrogen and oxygen atoms in total. The molecular formula is C109H138ClN11O16S2. The zero-order chi connectivity index (χ0) is 102. The molecule has 10 aromatic rings. The zero-order valence-corrected chi connectivity index (χ0v) is 86.8.